The molecule has 1 amide bonds. The molecule has 1 heterocycles. The van der Waals surface area contributed by atoms with Gasteiger partial charge in [0, 0.05) is 23.5 Å². The first-order valence-corrected chi connectivity index (χ1v) is 9.00. The quantitative estimate of drug-likeness (QED) is 0.479. The molecule has 0 saturated carbocycles. The zero-order valence-corrected chi connectivity index (χ0v) is 15.5. The Labute approximate surface area is 170 Å². The number of rotatable bonds is 5. The van der Waals surface area contributed by atoms with Gasteiger partial charge < -0.3 is 5.32 Å². The average molecular weight is 407 g/mol. The van der Waals surface area contributed by atoms with Crippen molar-refractivity contribution in [1.82, 2.24) is 0 Å². The lowest BCUT2D eigenvalue weighted by atomic mass is 10.1. The number of carbonyl (C=O) groups is 1. The number of nitrogens with one attached hydrogen (secondary N) is 1. The molecule has 1 aliphatic rings. The molecule has 30 heavy (non-hydrogen) atoms. The second-order valence-corrected chi connectivity index (χ2v) is 6.66. The first-order valence-electron chi connectivity index (χ1n) is 9.00. The van der Waals surface area contributed by atoms with E-state index in [4.69, 9.17) is 0 Å². The fourth-order valence-corrected chi connectivity index (χ4v) is 3.29. The van der Waals surface area contributed by atoms with Crippen molar-refractivity contribution in [1.29, 1.82) is 0 Å². The lowest BCUT2D eigenvalue weighted by Crippen LogP contribution is -2.30. The van der Waals surface area contributed by atoms with Crippen molar-refractivity contribution in [3.63, 3.8) is 0 Å². The third-order valence-corrected chi connectivity index (χ3v) is 4.70. The number of anilines is 2. The highest BCUT2D eigenvalue weighted by Gasteiger charge is 2.35. The molecule has 3 aromatic rings. The van der Waals surface area contributed by atoms with Gasteiger partial charge >= 0.3 is 0 Å². The molecule has 1 aliphatic heterocycles. The van der Waals surface area contributed by atoms with Crippen molar-refractivity contribution in [2.75, 3.05) is 10.2 Å². The van der Waals surface area contributed by atoms with Crippen LogP contribution >= 0.6 is 0 Å². The standard InChI is InChI=1S/C22H15F2N3O3/c23-15-4-8-17(9-5-15)25-20-13-21(14-2-1-3-19(12-14)27(29)30)26(22(20)28)18-10-6-16(24)7-11-18/h1-13,21,25H/t21-/m0/s1. The van der Waals surface area contributed by atoms with Crippen molar-refractivity contribution in [3.8, 4) is 0 Å². The largest absolute Gasteiger partial charge is 0.351 e. The number of nitro groups is 1. The van der Waals surface area contributed by atoms with Crippen molar-refractivity contribution < 1.29 is 18.5 Å². The molecule has 1 N–H and O–H groups in total. The summed E-state index contributed by atoms with van der Waals surface area (Å²) in [6.45, 7) is 0. The molecule has 0 fully saturated rings. The molecule has 4 rings (SSSR count). The number of nitro benzene ring substituents is 1. The second-order valence-electron chi connectivity index (χ2n) is 6.66. The van der Waals surface area contributed by atoms with Crippen LogP contribution < -0.4 is 10.2 Å². The number of benzene rings is 3. The average Bonchev–Trinajstić information content (AvgIpc) is 3.06. The Morgan fingerprint density at radius 2 is 1.57 bits per heavy atom. The van der Waals surface area contributed by atoms with Crippen LogP contribution in [-0.4, -0.2) is 10.8 Å². The highest BCUT2D eigenvalue weighted by Crippen LogP contribution is 2.37. The van der Waals surface area contributed by atoms with Crippen LogP contribution in [-0.2, 0) is 4.79 Å². The minimum absolute atomic E-state index is 0.104. The van der Waals surface area contributed by atoms with Gasteiger partial charge in [0.15, 0.2) is 0 Å². The molecular weight excluding hydrogens is 392 g/mol. The maximum Gasteiger partial charge on any atom is 0.275 e. The summed E-state index contributed by atoms with van der Waals surface area (Å²) in [6, 6.07) is 16.2. The summed E-state index contributed by atoms with van der Waals surface area (Å²) in [6.07, 6.45) is 1.63. The van der Waals surface area contributed by atoms with Crippen molar-refractivity contribution in [2.24, 2.45) is 0 Å². The number of hydrogen-bond donors (Lipinski definition) is 1. The van der Waals surface area contributed by atoms with Crippen LogP contribution in [0.15, 0.2) is 84.6 Å². The number of amides is 1. The third kappa shape index (κ3) is 3.75. The van der Waals surface area contributed by atoms with Gasteiger partial charge in [-0.1, -0.05) is 12.1 Å². The molecule has 150 valence electrons. The van der Waals surface area contributed by atoms with Gasteiger partial charge in [-0.05, 0) is 60.2 Å². The van der Waals surface area contributed by atoms with Crippen LogP contribution in [0.2, 0.25) is 0 Å². The summed E-state index contributed by atoms with van der Waals surface area (Å²) in [5, 5.41) is 14.1. The van der Waals surface area contributed by atoms with Gasteiger partial charge in [-0.15, -0.1) is 0 Å². The van der Waals surface area contributed by atoms with Gasteiger partial charge in [0.05, 0.1) is 11.0 Å². The van der Waals surface area contributed by atoms with Gasteiger partial charge in [-0.25, -0.2) is 8.78 Å². The maximum atomic E-state index is 13.4. The van der Waals surface area contributed by atoms with Crippen LogP contribution in [0.1, 0.15) is 11.6 Å². The number of nitrogens with zero attached hydrogens (tertiary/aromatic N) is 2. The Morgan fingerprint density at radius 3 is 2.20 bits per heavy atom. The van der Waals surface area contributed by atoms with Crippen LogP contribution in [0.25, 0.3) is 0 Å². The molecule has 0 aromatic heterocycles. The molecule has 0 unspecified atom stereocenters. The van der Waals surface area contributed by atoms with Gasteiger partial charge in [-0.2, -0.15) is 0 Å². The SMILES string of the molecule is O=C1C(Nc2ccc(F)cc2)=C[C@@H](c2cccc([N+](=O)[O-])c2)N1c1ccc(F)cc1. The topological polar surface area (TPSA) is 75.5 Å². The molecule has 0 radical (unpaired) electrons. The van der Waals surface area contributed by atoms with E-state index in [0.29, 0.717) is 16.9 Å². The van der Waals surface area contributed by atoms with E-state index in [9.17, 15) is 23.7 Å². The number of halogens is 2. The Bertz CT molecular complexity index is 1150. The molecule has 6 nitrogen and oxygen atoms in total. The van der Waals surface area contributed by atoms with Gasteiger partial charge in [0.25, 0.3) is 11.6 Å². The highest BCUT2D eigenvalue weighted by atomic mass is 19.1. The summed E-state index contributed by atoms with van der Waals surface area (Å²) in [5.41, 5.74) is 1.59. The van der Waals surface area contributed by atoms with Crippen molar-refractivity contribution >= 4 is 23.0 Å². The van der Waals surface area contributed by atoms with E-state index in [1.54, 1.807) is 18.2 Å². The lowest BCUT2D eigenvalue weighted by Gasteiger charge is -2.25. The molecule has 1 atom stereocenters. The number of non-ortho nitro benzene ring substituents is 1. The summed E-state index contributed by atoms with van der Waals surface area (Å²) >= 11 is 0. The van der Waals surface area contributed by atoms with E-state index in [0.717, 1.165) is 0 Å². The predicted molar refractivity (Wildman–Crippen MR) is 108 cm³/mol. The molecule has 0 spiro atoms. The number of hydrogen-bond acceptors (Lipinski definition) is 4. The molecule has 0 aliphatic carbocycles. The summed E-state index contributed by atoms with van der Waals surface area (Å²) in [7, 11) is 0. The smallest absolute Gasteiger partial charge is 0.275 e. The molecule has 0 bridgehead atoms. The van der Waals surface area contributed by atoms with Crippen molar-refractivity contribution in [2.45, 2.75) is 6.04 Å². The normalized spacial score (nSPS) is 15.8. The zero-order valence-electron chi connectivity index (χ0n) is 15.5. The second kappa shape index (κ2) is 7.75. The third-order valence-electron chi connectivity index (χ3n) is 4.70. The van der Waals surface area contributed by atoms with E-state index in [2.05, 4.69) is 5.32 Å². The zero-order chi connectivity index (χ0) is 21.3. The Morgan fingerprint density at radius 1 is 0.933 bits per heavy atom. The van der Waals surface area contributed by atoms with E-state index < -0.39 is 28.5 Å². The van der Waals surface area contributed by atoms with E-state index in [-0.39, 0.29) is 11.4 Å². The van der Waals surface area contributed by atoms with E-state index >= 15 is 0 Å². The minimum atomic E-state index is -0.647. The predicted octanol–water partition coefficient (Wildman–Crippen LogP) is 4.96. The first kappa shape index (κ1) is 19.3. The molecule has 8 heteroatoms. The Hall–Kier alpha value is -4.07. The van der Waals surface area contributed by atoms with Gasteiger partial charge in [-0.3, -0.25) is 19.8 Å². The van der Waals surface area contributed by atoms with E-state index in [1.165, 1.54) is 65.6 Å². The van der Waals surface area contributed by atoms with Crippen LogP contribution in [0.3, 0.4) is 0 Å². The highest BCUT2D eigenvalue weighted by molar-refractivity contribution is 6.11. The number of carbonyl (C=O) groups excluding carboxylic acids is 1. The first-order chi connectivity index (χ1) is 14.4. The lowest BCUT2D eigenvalue weighted by molar-refractivity contribution is -0.384. The summed E-state index contributed by atoms with van der Waals surface area (Å²) < 4.78 is 26.6. The summed E-state index contributed by atoms with van der Waals surface area (Å²) in [5.74, 6) is -1.26. The van der Waals surface area contributed by atoms with Gasteiger partial charge in [0.1, 0.15) is 17.3 Å². The van der Waals surface area contributed by atoms with E-state index in [1.807, 2.05) is 0 Å². The molecule has 0 saturated heterocycles. The maximum absolute atomic E-state index is 13.4. The Kier molecular flexibility index (Phi) is 4.97. The van der Waals surface area contributed by atoms with Crippen LogP contribution in [0.5, 0.6) is 0 Å². The molecular formula is C22H15F2N3O3. The Balaban J connectivity index is 1.75. The van der Waals surface area contributed by atoms with Gasteiger partial charge in [0.2, 0.25) is 0 Å². The summed E-state index contributed by atoms with van der Waals surface area (Å²) in [4.78, 5) is 25.2. The monoisotopic (exact) mass is 407 g/mol. The van der Waals surface area contributed by atoms with Crippen LogP contribution in [0.4, 0.5) is 25.8 Å². The fraction of sp³-hybridized carbons (Fsp3) is 0.0455. The molecule has 3 aromatic carbocycles. The minimum Gasteiger partial charge on any atom is -0.351 e. The fourth-order valence-electron chi connectivity index (χ4n) is 3.29. The van der Waals surface area contributed by atoms with Crippen molar-refractivity contribution in [3.05, 3.63) is 112 Å². The van der Waals surface area contributed by atoms with Crippen LogP contribution in [0, 0.1) is 21.7 Å².